The average molecular weight is 625 g/mol. The molecule has 234 valence electrons. The van der Waals surface area contributed by atoms with Crippen molar-refractivity contribution < 1.29 is 13.6 Å². The molecule has 2 aromatic heterocycles. The van der Waals surface area contributed by atoms with E-state index >= 15 is 0 Å². The first-order valence-electron chi connectivity index (χ1n) is 14.9. The Labute approximate surface area is 261 Å². The number of rotatable bonds is 7. The molecule has 0 bridgehead atoms. The molecule has 9 nitrogen and oxygen atoms in total. The maximum absolute atomic E-state index is 14.9. The highest BCUT2D eigenvalue weighted by molar-refractivity contribution is 6.30. The van der Waals surface area contributed by atoms with Crippen molar-refractivity contribution in [1.29, 1.82) is 0 Å². The predicted molar refractivity (Wildman–Crippen MR) is 165 cm³/mol. The van der Waals surface area contributed by atoms with Gasteiger partial charge >= 0.3 is 0 Å². The molecule has 1 aliphatic rings. The van der Waals surface area contributed by atoms with Crippen LogP contribution in [-0.2, 0) is 17.5 Å². The summed E-state index contributed by atoms with van der Waals surface area (Å²) < 4.78 is 31.7. The van der Waals surface area contributed by atoms with Crippen LogP contribution in [0.4, 0.5) is 8.78 Å². The Bertz CT molecular complexity index is 1630. The molecule has 5 rings (SSSR count). The van der Waals surface area contributed by atoms with Gasteiger partial charge in [-0.05, 0) is 63.1 Å². The third-order valence-corrected chi connectivity index (χ3v) is 8.89. The van der Waals surface area contributed by atoms with Crippen LogP contribution in [-0.4, -0.2) is 70.9 Å². The number of hydrogen-bond donors (Lipinski definition) is 0. The summed E-state index contributed by atoms with van der Waals surface area (Å²) in [7, 11) is 0. The van der Waals surface area contributed by atoms with Gasteiger partial charge in [0.15, 0.2) is 5.69 Å². The van der Waals surface area contributed by atoms with Gasteiger partial charge in [0.25, 0.3) is 5.91 Å². The first-order chi connectivity index (χ1) is 20.7. The summed E-state index contributed by atoms with van der Waals surface area (Å²) in [5, 5.41) is 17.7. The van der Waals surface area contributed by atoms with Gasteiger partial charge in [0.2, 0.25) is 0 Å². The molecule has 0 aliphatic carbocycles. The van der Waals surface area contributed by atoms with E-state index in [1.54, 1.807) is 23.1 Å². The van der Waals surface area contributed by atoms with Gasteiger partial charge < -0.3 is 4.90 Å². The third kappa shape index (κ3) is 5.99. The molecule has 4 aromatic rings. The summed E-state index contributed by atoms with van der Waals surface area (Å²) in [6.07, 6.45) is 2.70. The van der Waals surface area contributed by atoms with E-state index < -0.39 is 16.8 Å². The minimum atomic E-state index is -0.549. The van der Waals surface area contributed by atoms with Gasteiger partial charge in [-0.1, -0.05) is 61.9 Å². The van der Waals surface area contributed by atoms with Gasteiger partial charge in [-0.3, -0.25) is 9.69 Å². The highest BCUT2D eigenvalue weighted by Crippen LogP contribution is 2.32. The lowest BCUT2D eigenvalue weighted by atomic mass is 9.89. The van der Waals surface area contributed by atoms with E-state index in [0.29, 0.717) is 25.3 Å². The van der Waals surface area contributed by atoms with E-state index in [-0.39, 0.29) is 40.2 Å². The Morgan fingerprint density at radius 3 is 2.23 bits per heavy atom. The van der Waals surface area contributed by atoms with Crippen molar-refractivity contribution in [2.75, 3.05) is 13.1 Å². The summed E-state index contributed by atoms with van der Waals surface area (Å²) in [5.41, 5.74) is 1.67. The van der Waals surface area contributed by atoms with E-state index in [4.69, 9.17) is 11.6 Å². The van der Waals surface area contributed by atoms with Crippen molar-refractivity contribution in [3.8, 4) is 5.69 Å². The van der Waals surface area contributed by atoms with Crippen molar-refractivity contribution in [3.63, 3.8) is 0 Å². The minimum absolute atomic E-state index is 0.0179. The van der Waals surface area contributed by atoms with Crippen LogP contribution in [0.1, 0.15) is 82.3 Å². The first-order valence-corrected chi connectivity index (χ1v) is 15.2. The molecule has 0 N–H and O–H groups in total. The fourth-order valence-corrected chi connectivity index (χ4v) is 6.17. The lowest BCUT2D eigenvalue weighted by molar-refractivity contribution is 0.0258. The molecule has 1 aliphatic heterocycles. The quantitative estimate of drug-likeness (QED) is 0.251. The number of carbonyl (C=O) groups excluding carboxylic acids is 1. The van der Waals surface area contributed by atoms with Crippen LogP contribution in [0.3, 0.4) is 0 Å². The highest BCUT2D eigenvalue weighted by Gasteiger charge is 2.38. The van der Waals surface area contributed by atoms with Crippen LogP contribution in [0.2, 0.25) is 5.02 Å². The van der Waals surface area contributed by atoms with Gasteiger partial charge in [-0.25, -0.2) is 18.1 Å². The van der Waals surface area contributed by atoms with Gasteiger partial charge in [0.1, 0.15) is 17.3 Å². The predicted octanol–water partition coefficient (Wildman–Crippen LogP) is 6.00. The van der Waals surface area contributed by atoms with Crippen molar-refractivity contribution in [2.24, 2.45) is 0 Å². The molecule has 0 spiro atoms. The lowest BCUT2D eigenvalue weighted by Gasteiger charge is -2.44. The number of aromatic nitrogens is 6. The monoisotopic (exact) mass is 624 g/mol. The Balaban J connectivity index is 1.34. The normalized spacial score (nSPS) is 19.3. The number of hydrogen-bond acceptors (Lipinski definition) is 6. The molecule has 0 radical (unpaired) electrons. The van der Waals surface area contributed by atoms with Crippen LogP contribution in [0.5, 0.6) is 0 Å². The Morgan fingerprint density at radius 1 is 0.977 bits per heavy atom. The molecule has 0 saturated carbocycles. The Hall–Kier alpha value is -3.70. The summed E-state index contributed by atoms with van der Waals surface area (Å²) in [6, 6.07) is 10.9. The topological polar surface area (TPSA) is 85.0 Å². The summed E-state index contributed by atoms with van der Waals surface area (Å²) in [5.74, 6) is -1.06. The number of nitrogens with zero attached hydrogens (tertiary/aromatic N) is 8. The van der Waals surface area contributed by atoms with Crippen LogP contribution in [0.15, 0.2) is 48.7 Å². The van der Waals surface area contributed by atoms with Crippen LogP contribution >= 0.6 is 11.6 Å². The maximum Gasteiger partial charge on any atom is 0.276 e. The molecule has 1 fully saturated rings. The molecular formula is C32H39ClF2N8O. The maximum atomic E-state index is 14.9. The van der Waals surface area contributed by atoms with E-state index in [1.165, 1.54) is 28.9 Å². The van der Waals surface area contributed by atoms with Crippen LogP contribution in [0.25, 0.3) is 5.69 Å². The van der Waals surface area contributed by atoms with Crippen LogP contribution in [0, 0.1) is 11.6 Å². The van der Waals surface area contributed by atoms with Crippen molar-refractivity contribution in [3.05, 3.63) is 88.0 Å². The number of halogens is 3. The zero-order valence-electron chi connectivity index (χ0n) is 26.2. The molecule has 2 aromatic carbocycles. The van der Waals surface area contributed by atoms with Gasteiger partial charge in [-0.15, -0.1) is 10.2 Å². The summed E-state index contributed by atoms with van der Waals surface area (Å²) in [4.78, 5) is 18.0. The van der Waals surface area contributed by atoms with E-state index in [0.717, 1.165) is 17.7 Å². The SMILES string of the molecule is CCC(C)(c1ccc(F)cc1)n1cc(CN2[C@H](C)CN(C(=O)c3nnn(-c4ccc(Cl)cc4F)c3C(C)(C)C)C[C@@H]2C)nn1. The van der Waals surface area contributed by atoms with Gasteiger partial charge in [-0.2, -0.15) is 0 Å². The molecule has 3 atom stereocenters. The Morgan fingerprint density at radius 2 is 1.64 bits per heavy atom. The van der Waals surface area contributed by atoms with Crippen LogP contribution < -0.4 is 0 Å². The fraction of sp³-hybridized carbons (Fsp3) is 0.469. The molecule has 44 heavy (non-hydrogen) atoms. The first kappa shape index (κ1) is 31.7. The van der Waals surface area contributed by atoms with Crippen molar-refractivity contribution in [2.45, 2.75) is 84.5 Å². The Kier molecular flexibility index (Phi) is 8.65. The van der Waals surface area contributed by atoms with E-state index in [9.17, 15) is 13.6 Å². The number of piperazine rings is 1. The lowest BCUT2D eigenvalue weighted by Crippen LogP contribution is -2.57. The van der Waals surface area contributed by atoms with Gasteiger partial charge in [0, 0.05) is 42.2 Å². The summed E-state index contributed by atoms with van der Waals surface area (Å²) >= 11 is 5.97. The number of amides is 1. The molecule has 3 heterocycles. The second-order valence-corrected chi connectivity index (χ2v) is 13.3. The number of carbonyl (C=O) groups is 1. The molecule has 1 amide bonds. The molecule has 1 unspecified atom stereocenters. The zero-order chi connectivity index (χ0) is 32.0. The average Bonchev–Trinajstić information content (AvgIpc) is 3.62. The van der Waals surface area contributed by atoms with E-state index in [2.05, 4.69) is 53.2 Å². The molecule has 12 heteroatoms. The second kappa shape index (κ2) is 12.0. The second-order valence-electron chi connectivity index (χ2n) is 12.9. The molecule has 1 saturated heterocycles. The third-order valence-electron chi connectivity index (χ3n) is 8.66. The molecular weight excluding hydrogens is 586 g/mol. The van der Waals surface area contributed by atoms with Gasteiger partial charge in [0.05, 0.1) is 23.1 Å². The number of benzene rings is 2. The summed E-state index contributed by atoms with van der Waals surface area (Å²) in [6.45, 7) is 15.7. The van der Waals surface area contributed by atoms with Crippen molar-refractivity contribution in [1.82, 2.24) is 39.8 Å². The van der Waals surface area contributed by atoms with Crippen molar-refractivity contribution >= 4 is 17.5 Å². The standard InChI is InChI=1S/C32H39ClF2N8O/c1-8-32(7,22-9-12-24(34)13-10-22)42-19-25(36-38-42)18-41-20(2)16-40(17-21(41)3)30(44)28-29(31(4,5)6)43(39-37-28)27-14-11-23(33)15-26(27)35/h9-15,19-21H,8,16-18H2,1-7H3/t20-,21+,32?. The smallest absolute Gasteiger partial charge is 0.276 e. The van der Waals surface area contributed by atoms with E-state index in [1.807, 2.05) is 31.6 Å². The highest BCUT2D eigenvalue weighted by atomic mass is 35.5. The minimum Gasteiger partial charge on any atom is -0.334 e. The fourth-order valence-electron chi connectivity index (χ4n) is 6.01. The largest absolute Gasteiger partial charge is 0.334 e. The zero-order valence-corrected chi connectivity index (χ0v) is 27.0.